The molecular weight excluding hydrogens is 367 g/mol. The van der Waals surface area contributed by atoms with Gasteiger partial charge in [-0.15, -0.1) is 0 Å². The van der Waals surface area contributed by atoms with Gasteiger partial charge in [-0.2, -0.15) is 4.31 Å². The van der Waals surface area contributed by atoms with Crippen LogP contribution in [0.15, 0.2) is 53.4 Å². The predicted octanol–water partition coefficient (Wildman–Crippen LogP) is 2.85. The molecule has 144 valence electrons. The summed E-state index contributed by atoms with van der Waals surface area (Å²) in [6, 6.07) is 12.8. The van der Waals surface area contributed by atoms with Crippen molar-refractivity contribution in [3.8, 4) is 0 Å². The number of carbonyl (C=O) groups is 1. The fraction of sp³-hybridized carbons (Fsp3) is 0.350. The lowest BCUT2D eigenvalue weighted by molar-refractivity contribution is -0.126. The van der Waals surface area contributed by atoms with E-state index in [4.69, 9.17) is 0 Å². The number of aryl methyl sites for hydroxylation is 1. The van der Waals surface area contributed by atoms with Gasteiger partial charge in [0.2, 0.25) is 15.9 Å². The van der Waals surface area contributed by atoms with Gasteiger partial charge in [-0.05, 0) is 49.6 Å². The van der Waals surface area contributed by atoms with E-state index in [1.54, 1.807) is 0 Å². The van der Waals surface area contributed by atoms with Crippen LogP contribution in [0.25, 0.3) is 0 Å². The molecule has 7 heteroatoms. The highest BCUT2D eigenvalue weighted by Crippen LogP contribution is 2.24. The SMILES string of the molecule is Cc1cccc(CNC(=O)C2CCN(S(=O)(=O)c3ccc(F)cc3)CC2)c1. The van der Waals surface area contributed by atoms with Crippen molar-refractivity contribution in [2.75, 3.05) is 13.1 Å². The number of nitrogens with one attached hydrogen (secondary N) is 1. The van der Waals surface area contributed by atoms with E-state index in [0.717, 1.165) is 23.3 Å². The van der Waals surface area contributed by atoms with Gasteiger partial charge >= 0.3 is 0 Å². The van der Waals surface area contributed by atoms with Crippen LogP contribution in [0.2, 0.25) is 0 Å². The van der Waals surface area contributed by atoms with E-state index < -0.39 is 15.8 Å². The van der Waals surface area contributed by atoms with E-state index in [9.17, 15) is 17.6 Å². The van der Waals surface area contributed by atoms with Crippen molar-refractivity contribution >= 4 is 15.9 Å². The third-order valence-electron chi connectivity index (χ3n) is 4.83. The third-order valence-corrected chi connectivity index (χ3v) is 6.74. The van der Waals surface area contributed by atoms with Crippen LogP contribution in [0.4, 0.5) is 4.39 Å². The molecule has 0 bridgehead atoms. The van der Waals surface area contributed by atoms with Gasteiger partial charge in [0.25, 0.3) is 0 Å². The fourth-order valence-corrected chi connectivity index (χ4v) is 4.74. The van der Waals surface area contributed by atoms with Gasteiger partial charge in [-0.3, -0.25) is 4.79 Å². The molecule has 1 N–H and O–H groups in total. The lowest BCUT2D eigenvalue weighted by atomic mass is 9.97. The molecule has 0 unspecified atom stereocenters. The van der Waals surface area contributed by atoms with Crippen LogP contribution in [-0.2, 0) is 21.4 Å². The molecule has 0 aliphatic carbocycles. The van der Waals surface area contributed by atoms with Crippen molar-refractivity contribution < 1.29 is 17.6 Å². The fourth-order valence-electron chi connectivity index (χ4n) is 3.27. The molecule has 2 aromatic carbocycles. The van der Waals surface area contributed by atoms with E-state index in [1.807, 2.05) is 31.2 Å². The van der Waals surface area contributed by atoms with Gasteiger partial charge < -0.3 is 5.32 Å². The smallest absolute Gasteiger partial charge is 0.243 e. The van der Waals surface area contributed by atoms with Crippen molar-refractivity contribution in [1.29, 1.82) is 0 Å². The monoisotopic (exact) mass is 390 g/mol. The largest absolute Gasteiger partial charge is 0.352 e. The van der Waals surface area contributed by atoms with Crippen molar-refractivity contribution in [2.24, 2.45) is 5.92 Å². The van der Waals surface area contributed by atoms with E-state index in [1.165, 1.54) is 16.4 Å². The summed E-state index contributed by atoms with van der Waals surface area (Å²) < 4.78 is 39.6. The summed E-state index contributed by atoms with van der Waals surface area (Å²) in [6.07, 6.45) is 0.945. The van der Waals surface area contributed by atoms with Gasteiger partial charge in [0.15, 0.2) is 0 Å². The summed E-state index contributed by atoms with van der Waals surface area (Å²) in [6.45, 7) is 3.03. The summed E-state index contributed by atoms with van der Waals surface area (Å²) in [5.41, 5.74) is 2.18. The van der Waals surface area contributed by atoms with Crippen LogP contribution >= 0.6 is 0 Å². The van der Waals surface area contributed by atoms with Crippen LogP contribution in [-0.4, -0.2) is 31.7 Å². The molecule has 5 nitrogen and oxygen atoms in total. The molecule has 0 spiro atoms. The number of carbonyl (C=O) groups excluding carboxylic acids is 1. The van der Waals surface area contributed by atoms with Gasteiger partial charge in [-0.25, -0.2) is 12.8 Å². The average Bonchev–Trinajstić information content (AvgIpc) is 2.66. The molecular formula is C20H23FN2O3S. The zero-order valence-electron chi connectivity index (χ0n) is 15.2. The van der Waals surface area contributed by atoms with Crippen LogP contribution < -0.4 is 5.32 Å². The zero-order valence-corrected chi connectivity index (χ0v) is 16.0. The molecule has 1 aliphatic heterocycles. The Morgan fingerprint density at radius 3 is 2.44 bits per heavy atom. The highest BCUT2D eigenvalue weighted by molar-refractivity contribution is 7.89. The summed E-state index contributed by atoms with van der Waals surface area (Å²) in [7, 11) is -3.65. The normalized spacial score (nSPS) is 16.2. The minimum Gasteiger partial charge on any atom is -0.352 e. The Hall–Kier alpha value is -2.25. The molecule has 1 fully saturated rings. The highest BCUT2D eigenvalue weighted by atomic mass is 32.2. The second-order valence-corrected chi connectivity index (χ2v) is 8.78. The first-order valence-electron chi connectivity index (χ1n) is 8.95. The molecule has 1 saturated heterocycles. The molecule has 1 aliphatic rings. The number of hydrogen-bond donors (Lipinski definition) is 1. The Kier molecular flexibility index (Phi) is 5.92. The van der Waals surface area contributed by atoms with Crippen LogP contribution in [0, 0.1) is 18.7 Å². The van der Waals surface area contributed by atoms with Gasteiger partial charge in [0, 0.05) is 25.6 Å². The first kappa shape index (κ1) is 19.5. The highest BCUT2D eigenvalue weighted by Gasteiger charge is 2.32. The second kappa shape index (κ2) is 8.19. The number of piperidine rings is 1. The number of hydrogen-bond acceptors (Lipinski definition) is 3. The Morgan fingerprint density at radius 2 is 1.81 bits per heavy atom. The number of rotatable bonds is 5. The summed E-state index contributed by atoms with van der Waals surface area (Å²) in [5.74, 6) is -0.720. The predicted molar refractivity (Wildman–Crippen MR) is 101 cm³/mol. The van der Waals surface area contributed by atoms with Crippen molar-refractivity contribution in [2.45, 2.75) is 31.2 Å². The van der Waals surface area contributed by atoms with Crippen LogP contribution in [0.3, 0.4) is 0 Å². The minimum absolute atomic E-state index is 0.0460. The molecule has 0 aromatic heterocycles. The van der Waals surface area contributed by atoms with E-state index in [0.29, 0.717) is 19.4 Å². The van der Waals surface area contributed by atoms with Gasteiger partial charge in [0.1, 0.15) is 5.82 Å². The summed E-state index contributed by atoms with van der Waals surface area (Å²) >= 11 is 0. The summed E-state index contributed by atoms with van der Waals surface area (Å²) in [4.78, 5) is 12.5. The maximum Gasteiger partial charge on any atom is 0.243 e. The maximum atomic E-state index is 13.0. The van der Waals surface area contributed by atoms with Gasteiger partial charge in [0.05, 0.1) is 4.90 Å². The molecule has 0 saturated carbocycles. The number of sulfonamides is 1. The minimum atomic E-state index is -3.65. The number of benzene rings is 2. The number of nitrogens with zero attached hydrogens (tertiary/aromatic N) is 1. The lowest BCUT2D eigenvalue weighted by Gasteiger charge is -2.30. The molecule has 0 atom stereocenters. The third kappa shape index (κ3) is 4.73. The zero-order chi connectivity index (χ0) is 19.4. The van der Waals surface area contributed by atoms with E-state index >= 15 is 0 Å². The van der Waals surface area contributed by atoms with Gasteiger partial charge in [-0.1, -0.05) is 29.8 Å². The van der Waals surface area contributed by atoms with E-state index in [-0.39, 0.29) is 29.8 Å². The van der Waals surface area contributed by atoms with Crippen molar-refractivity contribution in [3.63, 3.8) is 0 Å². The molecule has 1 amide bonds. The Bertz CT molecular complexity index is 905. The molecule has 3 rings (SSSR count). The quantitative estimate of drug-likeness (QED) is 0.854. The molecule has 2 aromatic rings. The molecule has 27 heavy (non-hydrogen) atoms. The number of halogens is 1. The first-order chi connectivity index (χ1) is 12.9. The second-order valence-electron chi connectivity index (χ2n) is 6.84. The maximum absolute atomic E-state index is 13.0. The Labute approximate surface area is 159 Å². The average molecular weight is 390 g/mol. The van der Waals surface area contributed by atoms with Crippen molar-refractivity contribution in [1.82, 2.24) is 9.62 Å². The molecule has 0 radical (unpaired) electrons. The van der Waals surface area contributed by atoms with Crippen LogP contribution in [0.5, 0.6) is 0 Å². The lowest BCUT2D eigenvalue weighted by Crippen LogP contribution is -2.42. The van der Waals surface area contributed by atoms with Crippen molar-refractivity contribution in [3.05, 3.63) is 65.5 Å². The summed E-state index contributed by atoms with van der Waals surface area (Å²) in [5, 5.41) is 2.94. The Balaban J connectivity index is 1.55. The standard InChI is InChI=1S/C20H23FN2O3S/c1-15-3-2-4-16(13-15)14-22-20(24)17-9-11-23(12-10-17)27(25,26)19-7-5-18(21)6-8-19/h2-8,13,17H,9-12,14H2,1H3,(H,22,24). The van der Waals surface area contributed by atoms with Crippen LogP contribution in [0.1, 0.15) is 24.0 Å². The number of amides is 1. The topological polar surface area (TPSA) is 66.5 Å². The Morgan fingerprint density at radius 1 is 1.15 bits per heavy atom. The first-order valence-corrected chi connectivity index (χ1v) is 10.4. The van der Waals surface area contributed by atoms with E-state index in [2.05, 4.69) is 5.32 Å². The molecule has 1 heterocycles.